The third kappa shape index (κ3) is 2.82. The van der Waals surface area contributed by atoms with E-state index in [1.165, 1.54) is 29.0 Å². The fourth-order valence-corrected chi connectivity index (χ4v) is 3.40. The summed E-state index contributed by atoms with van der Waals surface area (Å²) < 4.78 is 26.2. The van der Waals surface area contributed by atoms with Gasteiger partial charge in [-0.1, -0.05) is 0 Å². The topological polar surface area (TPSA) is 79.3 Å². The molecule has 0 amide bonds. The summed E-state index contributed by atoms with van der Waals surface area (Å²) in [7, 11) is -3.59. The van der Waals surface area contributed by atoms with Crippen molar-refractivity contribution in [3.8, 4) is 0 Å². The van der Waals surface area contributed by atoms with Crippen molar-refractivity contribution in [3.63, 3.8) is 0 Å². The van der Waals surface area contributed by atoms with Crippen molar-refractivity contribution >= 4 is 27.0 Å². The van der Waals surface area contributed by atoms with Crippen molar-refractivity contribution in [2.45, 2.75) is 11.5 Å². The summed E-state index contributed by atoms with van der Waals surface area (Å²) in [4.78, 5) is 4.58. The predicted molar refractivity (Wildman–Crippen MR) is 65.3 cm³/mol. The van der Waals surface area contributed by atoms with E-state index >= 15 is 0 Å². The zero-order chi connectivity index (χ0) is 12.3. The second-order valence-corrected chi connectivity index (χ2v) is 5.93. The molecule has 0 radical (unpaired) electrons. The lowest BCUT2D eigenvalue weighted by Crippen LogP contribution is -2.12. The molecule has 0 saturated heterocycles. The third-order valence-electron chi connectivity index (χ3n) is 2.01. The predicted octanol–water partition coefficient (Wildman–Crippen LogP) is 1.44. The number of sulfonamides is 1. The molecule has 0 aliphatic heterocycles. The molecule has 0 atom stereocenters. The van der Waals surface area contributed by atoms with Gasteiger partial charge in [0, 0.05) is 16.5 Å². The molecule has 0 saturated carbocycles. The Morgan fingerprint density at radius 3 is 2.88 bits per heavy atom. The number of nitrogens with one attached hydrogen (secondary N) is 1. The molecule has 0 aromatic carbocycles. The molecule has 0 spiro atoms. The normalized spacial score (nSPS) is 11.4. The SMILES string of the molecule is O=S(=O)(Nc1cccnc1)c1csc(CO)c1. The Morgan fingerprint density at radius 2 is 2.29 bits per heavy atom. The number of hydrogen-bond donors (Lipinski definition) is 2. The molecule has 0 bridgehead atoms. The van der Waals surface area contributed by atoms with Crippen LogP contribution >= 0.6 is 11.3 Å². The Hall–Kier alpha value is -1.44. The molecule has 0 unspecified atom stereocenters. The minimum absolute atomic E-state index is 0.149. The highest BCUT2D eigenvalue weighted by atomic mass is 32.2. The third-order valence-corrected chi connectivity index (χ3v) is 4.44. The largest absolute Gasteiger partial charge is 0.391 e. The zero-order valence-electron chi connectivity index (χ0n) is 8.70. The number of hydrogen-bond acceptors (Lipinski definition) is 5. The van der Waals surface area contributed by atoms with Crippen molar-refractivity contribution in [2.75, 3.05) is 4.72 Å². The smallest absolute Gasteiger partial charge is 0.262 e. The molecule has 5 nitrogen and oxygen atoms in total. The van der Waals surface area contributed by atoms with Gasteiger partial charge in [0.25, 0.3) is 10.0 Å². The van der Waals surface area contributed by atoms with Crippen molar-refractivity contribution in [1.29, 1.82) is 0 Å². The standard InChI is InChI=1S/C10H10N2O3S2/c13-6-9-4-10(7-16-9)17(14,15)12-8-2-1-3-11-5-8/h1-5,7,12-13H,6H2. The maximum atomic E-state index is 11.9. The summed E-state index contributed by atoms with van der Waals surface area (Å²) in [5.74, 6) is 0. The van der Waals surface area contributed by atoms with Crippen LogP contribution in [0.1, 0.15) is 4.88 Å². The Labute approximate surface area is 103 Å². The first-order valence-corrected chi connectivity index (χ1v) is 7.09. The van der Waals surface area contributed by atoms with Crippen LogP contribution in [-0.2, 0) is 16.6 Å². The summed E-state index contributed by atoms with van der Waals surface area (Å²) in [6.45, 7) is -0.160. The van der Waals surface area contributed by atoms with E-state index in [1.807, 2.05) is 0 Å². The van der Waals surface area contributed by atoms with Crippen LogP contribution in [-0.4, -0.2) is 18.5 Å². The molecule has 17 heavy (non-hydrogen) atoms. The van der Waals surface area contributed by atoms with E-state index in [4.69, 9.17) is 5.11 Å². The molecule has 90 valence electrons. The lowest BCUT2D eigenvalue weighted by Gasteiger charge is -2.04. The Kier molecular flexibility index (Phi) is 3.41. The molecule has 2 aromatic heterocycles. The molecule has 0 aliphatic carbocycles. The van der Waals surface area contributed by atoms with E-state index in [9.17, 15) is 8.42 Å². The molecular formula is C10H10N2O3S2. The summed E-state index contributed by atoms with van der Waals surface area (Å²) in [6.07, 6.45) is 2.99. The summed E-state index contributed by atoms with van der Waals surface area (Å²) in [5.41, 5.74) is 0.407. The average Bonchev–Trinajstić information content (AvgIpc) is 2.79. The Bertz CT molecular complexity index is 593. The van der Waals surface area contributed by atoms with E-state index in [1.54, 1.807) is 18.3 Å². The first-order valence-electron chi connectivity index (χ1n) is 4.73. The quantitative estimate of drug-likeness (QED) is 0.881. The first kappa shape index (κ1) is 12.0. The van der Waals surface area contributed by atoms with Gasteiger partial charge in [-0.15, -0.1) is 11.3 Å². The maximum Gasteiger partial charge on any atom is 0.262 e. The highest BCUT2D eigenvalue weighted by molar-refractivity contribution is 7.92. The second-order valence-electron chi connectivity index (χ2n) is 3.25. The Morgan fingerprint density at radius 1 is 1.47 bits per heavy atom. The minimum atomic E-state index is -3.59. The van der Waals surface area contributed by atoms with Crippen LogP contribution < -0.4 is 4.72 Å². The molecule has 2 aromatic rings. The molecule has 0 fully saturated rings. The van der Waals surface area contributed by atoms with Gasteiger partial charge in [0.1, 0.15) is 0 Å². The molecule has 2 N–H and O–H groups in total. The highest BCUT2D eigenvalue weighted by Crippen LogP contribution is 2.21. The number of aliphatic hydroxyl groups excluding tert-OH is 1. The molecule has 2 rings (SSSR count). The van der Waals surface area contributed by atoms with Crippen LogP contribution in [0, 0.1) is 0 Å². The Balaban J connectivity index is 2.25. The lowest BCUT2D eigenvalue weighted by atomic mass is 10.4. The minimum Gasteiger partial charge on any atom is -0.391 e. The van der Waals surface area contributed by atoms with Gasteiger partial charge in [-0.05, 0) is 18.2 Å². The van der Waals surface area contributed by atoms with Crippen LogP contribution in [0.25, 0.3) is 0 Å². The van der Waals surface area contributed by atoms with Gasteiger partial charge in [-0.2, -0.15) is 0 Å². The van der Waals surface area contributed by atoms with Crippen molar-refractivity contribution in [3.05, 3.63) is 40.8 Å². The van der Waals surface area contributed by atoms with Gasteiger partial charge in [0.05, 0.1) is 23.4 Å². The second kappa shape index (κ2) is 4.82. The molecule has 2 heterocycles. The summed E-state index contributed by atoms with van der Waals surface area (Å²) >= 11 is 1.20. The number of anilines is 1. The van der Waals surface area contributed by atoms with Gasteiger partial charge in [0.15, 0.2) is 0 Å². The van der Waals surface area contributed by atoms with E-state index in [0.717, 1.165) is 0 Å². The molecular weight excluding hydrogens is 260 g/mol. The summed E-state index contributed by atoms with van der Waals surface area (Å²) in [5, 5.41) is 10.4. The van der Waals surface area contributed by atoms with Crippen LogP contribution in [0.5, 0.6) is 0 Å². The van der Waals surface area contributed by atoms with Crippen LogP contribution in [0.4, 0.5) is 5.69 Å². The van der Waals surface area contributed by atoms with Crippen LogP contribution in [0.15, 0.2) is 40.9 Å². The number of nitrogens with zero attached hydrogens (tertiary/aromatic N) is 1. The fourth-order valence-electron chi connectivity index (χ4n) is 1.22. The van der Waals surface area contributed by atoms with Gasteiger partial charge in [-0.3, -0.25) is 9.71 Å². The van der Waals surface area contributed by atoms with Crippen LogP contribution in [0.3, 0.4) is 0 Å². The van der Waals surface area contributed by atoms with Crippen molar-refractivity contribution in [1.82, 2.24) is 4.98 Å². The molecule has 0 aliphatic rings. The number of thiophene rings is 1. The van der Waals surface area contributed by atoms with Gasteiger partial charge in [-0.25, -0.2) is 8.42 Å². The van der Waals surface area contributed by atoms with Gasteiger partial charge < -0.3 is 5.11 Å². The van der Waals surface area contributed by atoms with Gasteiger partial charge >= 0.3 is 0 Å². The molecule has 7 heteroatoms. The van der Waals surface area contributed by atoms with Gasteiger partial charge in [0.2, 0.25) is 0 Å². The number of rotatable bonds is 4. The highest BCUT2D eigenvalue weighted by Gasteiger charge is 2.16. The van der Waals surface area contributed by atoms with Crippen LogP contribution in [0.2, 0.25) is 0 Å². The average molecular weight is 270 g/mol. The summed E-state index contributed by atoms with van der Waals surface area (Å²) in [6, 6.07) is 4.71. The first-order chi connectivity index (χ1) is 8.12. The monoisotopic (exact) mass is 270 g/mol. The van der Waals surface area contributed by atoms with E-state index in [0.29, 0.717) is 10.6 Å². The lowest BCUT2D eigenvalue weighted by molar-refractivity contribution is 0.285. The number of pyridine rings is 1. The van der Waals surface area contributed by atoms with E-state index in [-0.39, 0.29) is 11.5 Å². The van der Waals surface area contributed by atoms with E-state index in [2.05, 4.69) is 9.71 Å². The van der Waals surface area contributed by atoms with Crippen molar-refractivity contribution < 1.29 is 13.5 Å². The fraction of sp³-hybridized carbons (Fsp3) is 0.100. The zero-order valence-corrected chi connectivity index (χ0v) is 10.3. The van der Waals surface area contributed by atoms with Crippen molar-refractivity contribution in [2.24, 2.45) is 0 Å². The number of aliphatic hydroxyl groups is 1. The van der Waals surface area contributed by atoms with E-state index < -0.39 is 10.0 Å². The maximum absolute atomic E-state index is 11.9. The number of aromatic nitrogens is 1.